The van der Waals surface area contributed by atoms with E-state index in [4.69, 9.17) is 0 Å². The van der Waals surface area contributed by atoms with Crippen LogP contribution in [0.4, 0.5) is 11.5 Å². The van der Waals surface area contributed by atoms with Crippen LogP contribution in [0.1, 0.15) is 19.8 Å². The Labute approximate surface area is 113 Å². The number of rotatable bonds is 5. The zero-order valence-electron chi connectivity index (χ0n) is 11.2. The van der Waals surface area contributed by atoms with Crippen molar-refractivity contribution in [2.45, 2.75) is 19.8 Å². The summed E-state index contributed by atoms with van der Waals surface area (Å²) in [5, 5.41) is 14.0. The van der Waals surface area contributed by atoms with E-state index in [2.05, 4.69) is 22.1 Å². The molecule has 0 saturated carbocycles. The van der Waals surface area contributed by atoms with Gasteiger partial charge >= 0.3 is 5.69 Å². The lowest BCUT2D eigenvalue weighted by Crippen LogP contribution is -2.35. The fraction of sp³-hybridized carbons (Fsp3) is 0.615. The standard InChI is InChI=1S/C13H20N4O2/c1-2-16-8-5-11(6-9-16)10-15-13-12(17(18)19)4-3-7-14-13/h3-4,7,11H,2,5-6,8-10H2,1H3,(H,14,15). The van der Waals surface area contributed by atoms with Crippen molar-refractivity contribution < 1.29 is 4.92 Å². The first-order chi connectivity index (χ1) is 9.20. The monoisotopic (exact) mass is 264 g/mol. The maximum atomic E-state index is 10.9. The average molecular weight is 264 g/mol. The van der Waals surface area contributed by atoms with Gasteiger partial charge in [0.25, 0.3) is 0 Å². The lowest BCUT2D eigenvalue weighted by atomic mass is 9.97. The predicted molar refractivity (Wildman–Crippen MR) is 74.2 cm³/mol. The number of hydrogen-bond acceptors (Lipinski definition) is 5. The Bertz CT molecular complexity index is 430. The molecule has 2 rings (SSSR count). The van der Waals surface area contributed by atoms with Crippen LogP contribution in [-0.2, 0) is 0 Å². The number of nitrogens with one attached hydrogen (secondary N) is 1. The number of pyridine rings is 1. The van der Waals surface area contributed by atoms with Gasteiger partial charge < -0.3 is 10.2 Å². The Balaban J connectivity index is 1.88. The van der Waals surface area contributed by atoms with Gasteiger partial charge in [0.2, 0.25) is 5.82 Å². The molecule has 1 saturated heterocycles. The van der Waals surface area contributed by atoms with Crippen molar-refractivity contribution in [2.75, 3.05) is 31.5 Å². The number of hydrogen-bond donors (Lipinski definition) is 1. The molecular formula is C13H20N4O2. The molecular weight excluding hydrogens is 244 g/mol. The molecule has 6 nitrogen and oxygen atoms in total. The average Bonchev–Trinajstić information content (AvgIpc) is 2.46. The molecule has 0 bridgehead atoms. The van der Waals surface area contributed by atoms with Gasteiger partial charge in [-0.3, -0.25) is 10.1 Å². The van der Waals surface area contributed by atoms with E-state index in [0.717, 1.165) is 39.0 Å². The van der Waals surface area contributed by atoms with Gasteiger partial charge in [0.05, 0.1) is 4.92 Å². The van der Waals surface area contributed by atoms with Gasteiger partial charge in [-0.1, -0.05) is 6.92 Å². The summed E-state index contributed by atoms with van der Waals surface area (Å²) in [5.74, 6) is 0.954. The van der Waals surface area contributed by atoms with Gasteiger partial charge in [0.15, 0.2) is 0 Å². The molecule has 1 N–H and O–H groups in total. The summed E-state index contributed by atoms with van der Waals surface area (Å²) >= 11 is 0. The summed E-state index contributed by atoms with van der Waals surface area (Å²) in [6.45, 7) is 6.28. The fourth-order valence-corrected chi connectivity index (χ4v) is 2.43. The number of anilines is 1. The molecule has 104 valence electrons. The molecule has 1 fully saturated rings. The van der Waals surface area contributed by atoms with Crippen molar-refractivity contribution in [3.63, 3.8) is 0 Å². The number of likely N-dealkylation sites (tertiary alicyclic amines) is 1. The van der Waals surface area contributed by atoms with Gasteiger partial charge in [-0.05, 0) is 44.5 Å². The molecule has 1 aromatic heterocycles. The first-order valence-corrected chi connectivity index (χ1v) is 6.76. The molecule has 6 heteroatoms. The van der Waals surface area contributed by atoms with Crippen LogP contribution in [-0.4, -0.2) is 41.0 Å². The van der Waals surface area contributed by atoms with Crippen LogP contribution in [0.5, 0.6) is 0 Å². The smallest absolute Gasteiger partial charge is 0.311 e. The van der Waals surface area contributed by atoms with Crippen LogP contribution in [0.3, 0.4) is 0 Å². The molecule has 0 amide bonds. The van der Waals surface area contributed by atoms with Crippen LogP contribution >= 0.6 is 0 Å². The highest BCUT2D eigenvalue weighted by Gasteiger charge is 2.20. The van der Waals surface area contributed by atoms with Crippen molar-refractivity contribution in [1.82, 2.24) is 9.88 Å². The maximum absolute atomic E-state index is 10.9. The molecule has 0 aromatic carbocycles. The number of nitrogens with zero attached hydrogens (tertiary/aromatic N) is 3. The molecule has 0 atom stereocenters. The van der Waals surface area contributed by atoms with Gasteiger partial charge in [0, 0.05) is 18.8 Å². The summed E-state index contributed by atoms with van der Waals surface area (Å²) in [5.41, 5.74) is 0.0495. The van der Waals surface area contributed by atoms with Crippen LogP contribution < -0.4 is 5.32 Å². The Morgan fingerprint density at radius 3 is 2.89 bits per heavy atom. The highest BCUT2D eigenvalue weighted by Crippen LogP contribution is 2.22. The van der Waals surface area contributed by atoms with Crippen molar-refractivity contribution in [1.29, 1.82) is 0 Å². The summed E-state index contributed by atoms with van der Waals surface area (Å²) in [6, 6.07) is 3.07. The predicted octanol–water partition coefficient (Wildman–Crippen LogP) is 2.13. The first-order valence-electron chi connectivity index (χ1n) is 6.76. The van der Waals surface area contributed by atoms with Gasteiger partial charge in [0.1, 0.15) is 0 Å². The van der Waals surface area contributed by atoms with Crippen LogP contribution in [0, 0.1) is 16.0 Å². The van der Waals surface area contributed by atoms with E-state index in [9.17, 15) is 10.1 Å². The van der Waals surface area contributed by atoms with Gasteiger partial charge in [-0.25, -0.2) is 4.98 Å². The molecule has 2 heterocycles. The van der Waals surface area contributed by atoms with Gasteiger partial charge in [-0.15, -0.1) is 0 Å². The number of nitro groups is 1. The van der Waals surface area contributed by atoms with E-state index in [1.54, 1.807) is 12.3 Å². The zero-order valence-corrected chi connectivity index (χ0v) is 11.2. The SMILES string of the molecule is CCN1CCC(CNc2ncccc2[N+](=O)[O-])CC1. The highest BCUT2D eigenvalue weighted by atomic mass is 16.6. The molecule has 0 aliphatic carbocycles. The van der Waals surface area contributed by atoms with E-state index in [1.165, 1.54) is 6.07 Å². The molecule has 1 aliphatic heterocycles. The molecule has 1 aliphatic rings. The molecule has 0 unspecified atom stereocenters. The second-order valence-corrected chi connectivity index (χ2v) is 4.89. The summed E-state index contributed by atoms with van der Waals surface area (Å²) in [6.07, 6.45) is 3.86. The van der Waals surface area contributed by atoms with Crippen molar-refractivity contribution >= 4 is 11.5 Å². The molecule has 0 spiro atoms. The lowest BCUT2D eigenvalue weighted by molar-refractivity contribution is -0.384. The second-order valence-electron chi connectivity index (χ2n) is 4.89. The molecule has 1 aromatic rings. The fourth-order valence-electron chi connectivity index (χ4n) is 2.43. The van der Waals surface area contributed by atoms with Crippen molar-refractivity contribution in [3.05, 3.63) is 28.4 Å². The Hall–Kier alpha value is -1.69. The largest absolute Gasteiger partial charge is 0.364 e. The maximum Gasteiger partial charge on any atom is 0.311 e. The van der Waals surface area contributed by atoms with Crippen LogP contribution in [0.25, 0.3) is 0 Å². The Morgan fingerprint density at radius 2 is 2.26 bits per heavy atom. The quantitative estimate of drug-likeness (QED) is 0.651. The Kier molecular flexibility index (Phi) is 4.68. The normalized spacial score (nSPS) is 17.3. The minimum Gasteiger partial charge on any atom is -0.364 e. The van der Waals surface area contributed by atoms with Crippen LogP contribution in [0.2, 0.25) is 0 Å². The second kappa shape index (κ2) is 6.47. The third kappa shape index (κ3) is 3.64. The van der Waals surface area contributed by atoms with E-state index in [-0.39, 0.29) is 5.69 Å². The minimum atomic E-state index is -0.394. The topological polar surface area (TPSA) is 71.3 Å². The minimum absolute atomic E-state index is 0.0495. The van der Waals surface area contributed by atoms with E-state index in [1.807, 2.05) is 0 Å². The summed E-state index contributed by atoms with van der Waals surface area (Å²) in [4.78, 5) is 17.0. The van der Waals surface area contributed by atoms with Crippen LogP contribution in [0.15, 0.2) is 18.3 Å². The third-order valence-electron chi connectivity index (χ3n) is 3.70. The number of aromatic nitrogens is 1. The highest BCUT2D eigenvalue weighted by molar-refractivity contribution is 5.54. The molecule has 19 heavy (non-hydrogen) atoms. The summed E-state index contributed by atoms with van der Waals surface area (Å²) < 4.78 is 0. The zero-order chi connectivity index (χ0) is 13.7. The third-order valence-corrected chi connectivity index (χ3v) is 3.70. The van der Waals surface area contributed by atoms with E-state index in [0.29, 0.717) is 11.7 Å². The Morgan fingerprint density at radius 1 is 1.53 bits per heavy atom. The van der Waals surface area contributed by atoms with Gasteiger partial charge in [-0.2, -0.15) is 0 Å². The van der Waals surface area contributed by atoms with Crippen molar-refractivity contribution in [3.8, 4) is 0 Å². The van der Waals surface area contributed by atoms with E-state index < -0.39 is 4.92 Å². The number of piperidine rings is 1. The first kappa shape index (κ1) is 13.7. The molecule has 0 radical (unpaired) electrons. The lowest BCUT2D eigenvalue weighted by Gasteiger charge is -2.31. The summed E-state index contributed by atoms with van der Waals surface area (Å²) in [7, 11) is 0. The van der Waals surface area contributed by atoms with E-state index >= 15 is 0 Å². The van der Waals surface area contributed by atoms with Crippen molar-refractivity contribution in [2.24, 2.45) is 5.92 Å².